The van der Waals surface area contributed by atoms with Crippen molar-refractivity contribution in [2.45, 2.75) is 63.3 Å². The smallest absolute Gasteiger partial charge is 0.191 e. The summed E-state index contributed by atoms with van der Waals surface area (Å²) in [6.07, 6.45) is 8.49. The number of hydrogen-bond donors (Lipinski definition) is 2. The Morgan fingerprint density at radius 2 is 2.04 bits per heavy atom. The lowest BCUT2D eigenvalue weighted by atomic mass is 9.89. The van der Waals surface area contributed by atoms with E-state index >= 15 is 0 Å². The van der Waals surface area contributed by atoms with Crippen LogP contribution < -0.4 is 10.6 Å². The highest BCUT2D eigenvalue weighted by Gasteiger charge is 2.28. The fourth-order valence-corrected chi connectivity index (χ4v) is 4.96. The van der Waals surface area contributed by atoms with E-state index in [2.05, 4.69) is 55.0 Å². The lowest BCUT2D eigenvalue weighted by molar-refractivity contribution is -0.0250. The number of aliphatic imine (C=N–C) groups is 1. The molecule has 0 aromatic heterocycles. The Morgan fingerprint density at radius 3 is 2.74 bits per heavy atom. The van der Waals surface area contributed by atoms with Gasteiger partial charge < -0.3 is 15.4 Å². The fourth-order valence-electron chi connectivity index (χ4n) is 4.16. The van der Waals surface area contributed by atoms with Crippen molar-refractivity contribution in [2.24, 2.45) is 10.9 Å². The molecule has 150 valence electrons. The van der Waals surface area contributed by atoms with Crippen molar-refractivity contribution < 1.29 is 4.74 Å². The van der Waals surface area contributed by atoms with Crippen molar-refractivity contribution in [1.29, 1.82) is 0 Å². The largest absolute Gasteiger partial charge is 0.373 e. The Labute approximate surface area is 168 Å². The molecule has 1 aromatic carbocycles. The molecule has 0 radical (unpaired) electrons. The van der Waals surface area contributed by atoms with Gasteiger partial charge in [-0.15, -0.1) is 0 Å². The van der Waals surface area contributed by atoms with Crippen LogP contribution in [-0.4, -0.2) is 43.2 Å². The zero-order valence-electron chi connectivity index (χ0n) is 17.0. The van der Waals surface area contributed by atoms with Gasteiger partial charge in [-0.1, -0.05) is 29.8 Å². The van der Waals surface area contributed by atoms with Crippen molar-refractivity contribution >= 4 is 17.7 Å². The average molecular weight is 390 g/mol. The van der Waals surface area contributed by atoms with E-state index in [-0.39, 0.29) is 6.10 Å². The van der Waals surface area contributed by atoms with Crippen LogP contribution in [0.15, 0.2) is 29.3 Å². The van der Waals surface area contributed by atoms with E-state index in [1.165, 1.54) is 36.8 Å². The number of nitrogens with zero attached hydrogens (tertiary/aromatic N) is 1. The van der Waals surface area contributed by atoms with Crippen LogP contribution in [0.5, 0.6) is 0 Å². The monoisotopic (exact) mass is 389 g/mol. The first-order chi connectivity index (χ1) is 13.2. The lowest BCUT2D eigenvalue weighted by Crippen LogP contribution is -2.43. The highest BCUT2D eigenvalue weighted by molar-refractivity contribution is 7.99. The third kappa shape index (κ3) is 5.89. The van der Waals surface area contributed by atoms with E-state index < -0.39 is 0 Å². The lowest BCUT2D eigenvalue weighted by Gasteiger charge is -2.31. The van der Waals surface area contributed by atoms with Crippen LogP contribution in [0.4, 0.5) is 0 Å². The SMILES string of the molecule is CCNC(=NCC1CCCOC1c1ccc(C)cc1)NC1CCC(SC)C1. The number of ether oxygens (including phenoxy) is 1. The van der Waals surface area contributed by atoms with Gasteiger partial charge in [0.25, 0.3) is 0 Å². The quantitative estimate of drug-likeness (QED) is 0.562. The van der Waals surface area contributed by atoms with Gasteiger partial charge in [0.2, 0.25) is 0 Å². The molecule has 4 atom stereocenters. The van der Waals surface area contributed by atoms with Gasteiger partial charge in [0.1, 0.15) is 0 Å². The van der Waals surface area contributed by atoms with Crippen molar-refractivity contribution in [2.75, 3.05) is 26.0 Å². The Hall–Kier alpha value is -1.20. The minimum Gasteiger partial charge on any atom is -0.373 e. The van der Waals surface area contributed by atoms with E-state index in [0.29, 0.717) is 12.0 Å². The molecule has 0 bridgehead atoms. The minimum atomic E-state index is 0.165. The number of rotatable bonds is 6. The normalized spacial score (nSPS) is 28.9. The van der Waals surface area contributed by atoms with Crippen LogP contribution in [0.1, 0.15) is 56.3 Å². The summed E-state index contributed by atoms with van der Waals surface area (Å²) in [7, 11) is 0. The first-order valence-electron chi connectivity index (χ1n) is 10.5. The van der Waals surface area contributed by atoms with Crippen LogP contribution in [0.2, 0.25) is 0 Å². The summed E-state index contributed by atoms with van der Waals surface area (Å²) in [6, 6.07) is 9.35. The molecule has 1 aromatic rings. The Balaban J connectivity index is 1.63. The fraction of sp³-hybridized carbons (Fsp3) is 0.682. The minimum absolute atomic E-state index is 0.165. The van der Waals surface area contributed by atoms with Crippen molar-refractivity contribution in [3.05, 3.63) is 35.4 Å². The molecule has 1 heterocycles. The highest BCUT2D eigenvalue weighted by atomic mass is 32.2. The van der Waals surface area contributed by atoms with Gasteiger partial charge in [0.05, 0.1) is 6.10 Å². The topological polar surface area (TPSA) is 45.7 Å². The summed E-state index contributed by atoms with van der Waals surface area (Å²) in [4.78, 5) is 4.95. The third-order valence-corrected chi connectivity index (χ3v) is 6.83. The first kappa shape index (κ1) is 20.5. The molecule has 1 saturated heterocycles. The molecular formula is C22H35N3OS. The van der Waals surface area contributed by atoms with Gasteiger partial charge in [-0.25, -0.2) is 0 Å². The molecule has 1 aliphatic carbocycles. The van der Waals surface area contributed by atoms with Gasteiger partial charge in [-0.3, -0.25) is 4.99 Å². The molecule has 1 aliphatic heterocycles. The van der Waals surface area contributed by atoms with Gasteiger partial charge in [-0.05, 0) is 57.8 Å². The average Bonchev–Trinajstić information content (AvgIpc) is 3.15. The maximum atomic E-state index is 6.16. The van der Waals surface area contributed by atoms with Gasteiger partial charge in [0, 0.05) is 36.9 Å². The second-order valence-corrected chi connectivity index (χ2v) is 8.97. The zero-order valence-corrected chi connectivity index (χ0v) is 17.9. The molecule has 2 aliphatic rings. The predicted molar refractivity (Wildman–Crippen MR) is 117 cm³/mol. The Morgan fingerprint density at radius 1 is 1.22 bits per heavy atom. The number of thioether (sulfide) groups is 1. The predicted octanol–water partition coefficient (Wildman–Crippen LogP) is 4.30. The maximum Gasteiger partial charge on any atom is 0.191 e. The summed E-state index contributed by atoms with van der Waals surface area (Å²) in [5, 5.41) is 7.90. The van der Waals surface area contributed by atoms with Gasteiger partial charge in [0.15, 0.2) is 5.96 Å². The van der Waals surface area contributed by atoms with E-state index in [1.54, 1.807) is 0 Å². The maximum absolute atomic E-state index is 6.16. The van der Waals surface area contributed by atoms with Gasteiger partial charge in [-0.2, -0.15) is 11.8 Å². The van der Waals surface area contributed by atoms with Gasteiger partial charge >= 0.3 is 0 Å². The molecule has 2 N–H and O–H groups in total. The summed E-state index contributed by atoms with van der Waals surface area (Å²) in [5.41, 5.74) is 2.58. The van der Waals surface area contributed by atoms with Crippen molar-refractivity contribution in [3.8, 4) is 0 Å². The van der Waals surface area contributed by atoms with E-state index in [1.807, 2.05) is 11.8 Å². The molecule has 4 nitrogen and oxygen atoms in total. The molecule has 0 amide bonds. The second-order valence-electron chi connectivity index (χ2n) is 7.84. The molecule has 1 saturated carbocycles. The number of aryl methyl sites for hydroxylation is 1. The standard InChI is InChI=1S/C22H35N3OS/c1-4-23-22(25-19-11-12-20(14-19)27-3)24-15-18-6-5-13-26-21(18)17-9-7-16(2)8-10-17/h7-10,18-21H,4-6,11-15H2,1-3H3,(H2,23,24,25). The molecule has 0 spiro atoms. The van der Waals surface area contributed by atoms with Crippen LogP contribution in [0, 0.1) is 12.8 Å². The third-order valence-electron chi connectivity index (χ3n) is 5.74. The summed E-state index contributed by atoms with van der Waals surface area (Å²) in [6.45, 7) is 6.83. The molecule has 5 heteroatoms. The van der Waals surface area contributed by atoms with Crippen LogP contribution >= 0.6 is 11.8 Å². The van der Waals surface area contributed by atoms with Crippen LogP contribution in [0.25, 0.3) is 0 Å². The molecule has 4 unspecified atom stereocenters. The summed E-state index contributed by atoms with van der Waals surface area (Å²) < 4.78 is 6.16. The highest BCUT2D eigenvalue weighted by Crippen LogP contribution is 2.34. The number of benzene rings is 1. The number of hydrogen-bond acceptors (Lipinski definition) is 3. The Bertz CT molecular complexity index is 604. The van der Waals surface area contributed by atoms with Crippen molar-refractivity contribution in [3.63, 3.8) is 0 Å². The molecule has 2 fully saturated rings. The van der Waals surface area contributed by atoms with Crippen LogP contribution in [-0.2, 0) is 4.74 Å². The molecule has 27 heavy (non-hydrogen) atoms. The van der Waals surface area contributed by atoms with Crippen molar-refractivity contribution in [1.82, 2.24) is 10.6 Å². The number of guanidine groups is 1. The molecular weight excluding hydrogens is 354 g/mol. The zero-order chi connectivity index (χ0) is 19.1. The molecule has 3 rings (SSSR count). The van der Waals surface area contributed by atoms with E-state index in [9.17, 15) is 0 Å². The summed E-state index contributed by atoms with van der Waals surface area (Å²) >= 11 is 1.99. The van der Waals surface area contributed by atoms with E-state index in [4.69, 9.17) is 9.73 Å². The summed E-state index contributed by atoms with van der Waals surface area (Å²) in [5.74, 6) is 1.41. The Kier molecular flexibility index (Phi) is 7.89. The first-order valence-corrected chi connectivity index (χ1v) is 11.7. The van der Waals surface area contributed by atoms with Crippen LogP contribution in [0.3, 0.4) is 0 Å². The number of nitrogens with one attached hydrogen (secondary N) is 2. The second kappa shape index (κ2) is 10.4. The van der Waals surface area contributed by atoms with E-state index in [0.717, 1.165) is 37.3 Å².